The fraction of sp³-hybridized carbons (Fsp3) is 0.304. The van der Waals surface area contributed by atoms with Gasteiger partial charge in [-0.05, 0) is 56.1 Å². The normalized spacial score (nSPS) is 14.1. The summed E-state index contributed by atoms with van der Waals surface area (Å²) in [6, 6.07) is 5.61. The van der Waals surface area contributed by atoms with Crippen LogP contribution in [0.1, 0.15) is 11.1 Å². The molecule has 10 nitrogen and oxygen atoms in total. The molecule has 0 radical (unpaired) electrons. The van der Waals surface area contributed by atoms with Crippen LogP contribution < -0.4 is 24.9 Å². The minimum absolute atomic E-state index is 0.0118. The van der Waals surface area contributed by atoms with Gasteiger partial charge < -0.3 is 29.0 Å². The fourth-order valence-electron chi connectivity index (χ4n) is 4.02. The Morgan fingerprint density at radius 3 is 2.50 bits per heavy atom. The largest absolute Gasteiger partial charge is 0.495 e. The summed E-state index contributed by atoms with van der Waals surface area (Å²) < 4.78 is 71.9. The molecule has 1 aromatic heterocycles. The summed E-state index contributed by atoms with van der Waals surface area (Å²) in [5.74, 6) is -1.36. The highest BCUT2D eigenvalue weighted by atomic mass is 35.5. The zero-order valence-electron chi connectivity index (χ0n) is 20.9. The Hall–Kier alpha value is -2.99. The lowest BCUT2D eigenvalue weighted by Gasteiger charge is -2.26. The molecule has 2 aromatic carbocycles. The van der Waals surface area contributed by atoms with E-state index in [0.29, 0.717) is 11.4 Å². The first-order valence-electron chi connectivity index (χ1n) is 11.2. The van der Waals surface area contributed by atoms with Gasteiger partial charge in [0.05, 0.1) is 24.7 Å². The van der Waals surface area contributed by atoms with Gasteiger partial charge in [0, 0.05) is 24.5 Å². The minimum Gasteiger partial charge on any atom is -0.495 e. The summed E-state index contributed by atoms with van der Waals surface area (Å²) in [5, 5.41) is 5.98. The molecule has 0 saturated carbocycles. The molecule has 0 fully saturated rings. The number of benzene rings is 2. The molecule has 15 heteroatoms. The monoisotopic (exact) mass is 587 g/mol. The van der Waals surface area contributed by atoms with Crippen LogP contribution in [0.15, 0.2) is 30.5 Å². The fourth-order valence-corrected chi connectivity index (χ4v) is 5.63. The van der Waals surface area contributed by atoms with Crippen LogP contribution >= 0.6 is 18.7 Å². The Morgan fingerprint density at radius 1 is 1.11 bits per heavy atom. The summed E-state index contributed by atoms with van der Waals surface area (Å²) in [6.07, 6.45) is 2.21. The SMILES string of the molecule is COc1cc2c(cc1Nc1ncc(Cl)c(Nc3cc(F)c(OS(=O)(=O)F)cc3P(C)(C)=O)n1)CN(C)CC2. The van der Waals surface area contributed by atoms with Crippen molar-refractivity contribution in [1.29, 1.82) is 0 Å². The number of halogens is 3. The molecule has 204 valence electrons. The van der Waals surface area contributed by atoms with E-state index < -0.39 is 29.2 Å². The lowest BCUT2D eigenvalue weighted by Crippen LogP contribution is -2.26. The van der Waals surface area contributed by atoms with Gasteiger partial charge in [0.1, 0.15) is 17.9 Å². The van der Waals surface area contributed by atoms with Gasteiger partial charge in [0.15, 0.2) is 17.4 Å². The molecule has 0 bridgehead atoms. The first-order chi connectivity index (χ1) is 17.7. The van der Waals surface area contributed by atoms with Gasteiger partial charge >= 0.3 is 10.5 Å². The summed E-state index contributed by atoms with van der Waals surface area (Å²) in [6.45, 7) is 4.45. The first kappa shape index (κ1) is 28.0. The van der Waals surface area contributed by atoms with Crippen LogP contribution in [0, 0.1) is 5.82 Å². The van der Waals surface area contributed by atoms with Gasteiger partial charge in [0.25, 0.3) is 0 Å². The molecular formula is C23H25ClF2N5O5PS. The van der Waals surface area contributed by atoms with Crippen LogP contribution in [0.5, 0.6) is 11.5 Å². The molecule has 0 atom stereocenters. The molecule has 0 spiro atoms. The molecule has 2 heterocycles. The van der Waals surface area contributed by atoms with Crippen LogP contribution in [-0.4, -0.2) is 57.3 Å². The number of hydrogen-bond acceptors (Lipinski definition) is 10. The van der Waals surface area contributed by atoms with E-state index in [2.05, 4.69) is 29.7 Å². The van der Waals surface area contributed by atoms with Crippen molar-refractivity contribution in [1.82, 2.24) is 14.9 Å². The first-order valence-corrected chi connectivity index (χ1v) is 15.5. The number of aromatic nitrogens is 2. The van der Waals surface area contributed by atoms with Crippen LogP contribution in [0.3, 0.4) is 0 Å². The second kappa shape index (κ2) is 10.6. The van der Waals surface area contributed by atoms with Crippen molar-refractivity contribution in [2.75, 3.05) is 44.7 Å². The number of ether oxygens (including phenoxy) is 1. The Kier molecular flexibility index (Phi) is 7.85. The van der Waals surface area contributed by atoms with Crippen molar-refractivity contribution >= 4 is 57.7 Å². The zero-order chi connectivity index (χ0) is 27.8. The van der Waals surface area contributed by atoms with E-state index in [0.717, 1.165) is 37.2 Å². The van der Waals surface area contributed by atoms with E-state index >= 15 is 0 Å². The molecule has 0 aliphatic carbocycles. The standard InChI is InChI=1S/C23H25ClF2N5O5PS/c1-31-6-5-13-8-20(35-2)17(7-14(13)12-31)29-23-27-11-15(24)22(30-23)28-18-9-16(25)19(36-38(26,33)34)10-21(18)37(3,4)32/h7-11H,5-6,12H2,1-4H3,(H2,27,28,29,30). The van der Waals surface area contributed by atoms with E-state index in [1.165, 1.54) is 25.1 Å². The van der Waals surface area contributed by atoms with Gasteiger partial charge in [0.2, 0.25) is 5.95 Å². The third-order valence-electron chi connectivity index (χ3n) is 5.79. The average Bonchev–Trinajstić information content (AvgIpc) is 2.81. The topological polar surface area (TPSA) is 123 Å². The molecule has 0 amide bonds. The lowest BCUT2D eigenvalue weighted by molar-refractivity contribution is 0.312. The third kappa shape index (κ3) is 6.52. The van der Waals surface area contributed by atoms with Crippen LogP contribution in [0.4, 0.5) is 31.4 Å². The second-order valence-corrected chi connectivity index (χ2v) is 13.6. The van der Waals surface area contributed by atoms with E-state index in [-0.39, 0.29) is 27.8 Å². The Morgan fingerprint density at radius 2 is 1.84 bits per heavy atom. The predicted molar refractivity (Wildman–Crippen MR) is 143 cm³/mol. The summed E-state index contributed by atoms with van der Waals surface area (Å²) in [7, 11) is -5.07. The van der Waals surface area contributed by atoms with Gasteiger partial charge in [-0.25, -0.2) is 9.37 Å². The molecule has 38 heavy (non-hydrogen) atoms. The second-order valence-electron chi connectivity index (χ2n) is 9.08. The highest BCUT2D eigenvalue weighted by molar-refractivity contribution is 7.81. The smallest absolute Gasteiger partial charge is 0.488 e. The zero-order valence-corrected chi connectivity index (χ0v) is 23.3. The highest BCUT2D eigenvalue weighted by Gasteiger charge is 2.24. The number of nitrogens with zero attached hydrogens (tertiary/aromatic N) is 3. The molecule has 3 aromatic rings. The summed E-state index contributed by atoms with van der Waals surface area (Å²) >= 11 is 6.28. The summed E-state index contributed by atoms with van der Waals surface area (Å²) in [5.41, 5.74) is 2.92. The molecular weight excluding hydrogens is 563 g/mol. The maximum Gasteiger partial charge on any atom is 0.488 e. The predicted octanol–water partition coefficient (Wildman–Crippen LogP) is 4.59. The maximum absolute atomic E-state index is 14.6. The Balaban J connectivity index is 1.69. The summed E-state index contributed by atoms with van der Waals surface area (Å²) in [4.78, 5) is 10.8. The molecule has 0 saturated heterocycles. The van der Waals surface area contributed by atoms with E-state index in [1.807, 2.05) is 19.2 Å². The third-order valence-corrected chi connectivity index (χ3v) is 7.97. The lowest BCUT2D eigenvalue weighted by atomic mass is 9.99. The van der Waals surface area contributed by atoms with Crippen molar-refractivity contribution < 1.29 is 30.2 Å². The Labute approximate surface area is 224 Å². The maximum atomic E-state index is 14.6. The highest BCUT2D eigenvalue weighted by Crippen LogP contribution is 2.41. The van der Waals surface area contributed by atoms with Gasteiger partial charge in [-0.2, -0.15) is 13.4 Å². The molecule has 1 aliphatic rings. The van der Waals surface area contributed by atoms with E-state index in [4.69, 9.17) is 16.3 Å². The van der Waals surface area contributed by atoms with Crippen LogP contribution in [0.25, 0.3) is 0 Å². The molecule has 4 rings (SSSR count). The van der Waals surface area contributed by atoms with Crippen molar-refractivity contribution in [3.8, 4) is 11.5 Å². The molecule has 1 aliphatic heterocycles. The van der Waals surface area contributed by atoms with Crippen LogP contribution in [-0.2, 0) is 28.0 Å². The molecule has 0 unspecified atom stereocenters. The van der Waals surface area contributed by atoms with Crippen molar-refractivity contribution in [2.24, 2.45) is 0 Å². The number of fused-ring (bicyclic) bond motifs is 1. The number of hydrogen-bond donors (Lipinski definition) is 2. The quantitative estimate of drug-likeness (QED) is 0.286. The van der Waals surface area contributed by atoms with Crippen molar-refractivity contribution in [3.63, 3.8) is 0 Å². The Bertz CT molecular complexity index is 1550. The van der Waals surface area contributed by atoms with Gasteiger partial charge in [-0.15, -0.1) is 0 Å². The van der Waals surface area contributed by atoms with Crippen LogP contribution in [0.2, 0.25) is 5.02 Å². The number of anilines is 4. The van der Waals surface area contributed by atoms with Gasteiger partial charge in [-0.1, -0.05) is 15.5 Å². The van der Waals surface area contributed by atoms with Gasteiger partial charge in [-0.3, -0.25) is 0 Å². The number of nitrogens with one attached hydrogen (secondary N) is 2. The number of methoxy groups -OCH3 is 1. The van der Waals surface area contributed by atoms with E-state index in [1.54, 1.807) is 7.11 Å². The molecule has 2 N–H and O–H groups in total. The average molecular weight is 588 g/mol. The van der Waals surface area contributed by atoms with E-state index in [9.17, 15) is 21.3 Å². The number of likely N-dealkylation sites (N-methyl/N-ethyl adjacent to an activating group) is 1. The number of rotatable bonds is 8. The minimum atomic E-state index is -5.50. The van der Waals surface area contributed by atoms with Crippen molar-refractivity contribution in [3.05, 3.63) is 52.4 Å². The van der Waals surface area contributed by atoms with Crippen molar-refractivity contribution in [2.45, 2.75) is 13.0 Å².